The van der Waals surface area contributed by atoms with Crippen LogP contribution in [0.15, 0.2) is 28.0 Å². The van der Waals surface area contributed by atoms with E-state index in [1.165, 1.54) is 22.3 Å². The molecule has 128 valence electrons. The summed E-state index contributed by atoms with van der Waals surface area (Å²) in [6.45, 7) is 4.89. The number of aliphatic hydroxyl groups is 1. The molecule has 0 atom stereocenters. The number of aromatic nitrogens is 2. The van der Waals surface area contributed by atoms with Gasteiger partial charge in [-0.15, -0.1) is 11.8 Å². The van der Waals surface area contributed by atoms with E-state index in [1.54, 1.807) is 16.3 Å². The summed E-state index contributed by atoms with van der Waals surface area (Å²) in [6, 6.07) is 6.49. The molecular formula is C19H24N2O2S. The number of hydrogen-bond donors (Lipinski definition) is 1. The van der Waals surface area contributed by atoms with Crippen molar-refractivity contribution < 1.29 is 5.11 Å². The Kier molecular flexibility index (Phi) is 5.41. The second-order valence-electron chi connectivity index (χ2n) is 6.43. The Balaban J connectivity index is 1.87. The molecule has 1 aromatic carbocycles. The van der Waals surface area contributed by atoms with Gasteiger partial charge in [0.05, 0.1) is 0 Å². The van der Waals surface area contributed by atoms with Crippen LogP contribution in [0.3, 0.4) is 0 Å². The lowest BCUT2D eigenvalue weighted by atomic mass is 10.1. The molecule has 4 nitrogen and oxygen atoms in total. The molecule has 0 bridgehead atoms. The summed E-state index contributed by atoms with van der Waals surface area (Å²) in [5, 5.41) is 9.94. The molecule has 5 heteroatoms. The minimum atomic E-state index is -0.174. The van der Waals surface area contributed by atoms with Crippen molar-refractivity contribution in [3.05, 3.63) is 56.6 Å². The first-order valence-corrected chi connectivity index (χ1v) is 9.51. The van der Waals surface area contributed by atoms with Gasteiger partial charge in [0.25, 0.3) is 0 Å². The molecule has 1 aromatic heterocycles. The molecule has 24 heavy (non-hydrogen) atoms. The summed E-state index contributed by atoms with van der Waals surface area (Å²) >= 11 is 1.67. The van der Waals surface area contributed by atoms with Crippen LogP contribution < -0.4 is 5.69 Å². The molecule has 0 saturated carbocycles. The summed E-state index contributed by atoms with van der Waals surface area (Å²) < 4.78 is 1.76. The third-order valence-corrected chi connectivity index (χ3v) is 5.68. The molecule has 2 aromatic rings. The molecule has 0 saturated heterocycles. The summed E-state index contributed by atoms with van der Waals surface area (Å²) in [7, 11) is 0. The minimum Gasteiger partial charge on any atom is -0.396 e. The molecule has 0 fully saturated rings. The first-order chi connectivity index (χ1) is 11.6. The zero-order valence-corrected chi connectivity index (χ0v) is 15.2. The summed E-state index contributed by atoms with van der Waals surface area (Å²) in [6.07, 6.45) is 3.62. The number of aryl methyl sites for hydroxylation is 2. The van der Waals surface area contributed by atoms with E-state index >= 15 is 0 Å². The molecule has 0 spiro atoms. The lowest BCUT2D eigenvalue weighted by Crippen LogP contribution is -2.27. The van der Waals surface area contributed by atoms with Crippen LogP contribution in [-0.4, -0.2) is 21.3 Å². The Hall–Kier alpha value is -1.59. The van der Waals surface area contributed by atoms with Crippen LogP contribution in [0, 0.1) is 13.8 Å². The van der Waals surface area contributed by atoms with Gasteiger partial charge in [-0.05, 0) is 50.7 Å². The fraction of sp³-hybridized carbons (Fsp3) is 0.474. The van der Waals surface area contributed by atoms with Crippen molar-refractivity contribution in [3.8, 4) is 0 Å². The highest BCUT2D eigenvalue weighted by atomic mass is 32.2. The number of aliphatic hydroxyl groups excluding tert-OH is 1. The Bertz CT molecular complexity index is 799. The van der Waals surface area contributed by atoms with Gasteiger partial charge in [-0.25, -0.2) is 4.79 Å². The van der Waals surface area contributed by atoms with Crippen molar-refractivity contribution in [2.24, 2.45) is 0 Å². The number of thioether (sulfide) groups is 1. The van der Waals surface area contributed by atoms with E-state index < -0.39 is 0 Å². The Morgan fingerprint density at radius 1 is 1.29 bits per heavy atom. The lowest BCUT2D eigenvalue weighted by molar-refractivity contribution is 0.277. The number of benzene rings is 1. The van der Waals surface area contributed by atoms with Crippen LogP contribution in [0.2, 0.25) is 0 Å². The van der Waals surface area contributed by atoms with Crippen LogP contribution in [0.4, 0.5) is 0 Å². The summed E-state index contributed by atoms with van der Waals surface area (Å²) in [5.74, 6) is 0.840. The Labute approximate surface area is 146 Å². The normalized spacial score (nSPS) is 13.3. The van der Waals surface area contributed by atoms with Gasteiger partial charge < -0.3 is 5.11 Å². The van der Waals surface area contributed by atoms with Crippen molar-refractivity contribution >= 4 is 11.8 Å². The molecular weight excluding hydrogens is 320 g/mol. The number of rotatable bonds is 6. The van der Waals surface area contributed by atoms with Gasteiger partial charge in [0.15, 0.2) is 0 Å². The molecule has 0 unspecified atom stereocenters. The molecule has 1 N–H and O–H groups in total. The van der Waals surface area contributed by atoms with Gasteiger partial charge in [-0.1, -0.05) is 23.8 Å². The second-order valence-corrected chi connectivity index (χ2v) is 7.39. The first-order valence-electron chi connectivity index (χ1n) is 8.52. The smallest absolute Gasteiger partial charge is 0.348 e. The number of fused-ring (bicyclic) bond motifs is 1. The van der Waals surface area contributed by atoms with Crippen LogP contribution in [0.1, 0.15) is 40.8 Å². The van der Waals surface area contributed by atoms with Crippen molar-refractivity contribution in [1.82, 2.24) is 9.55 Å². The SMILES string of the molecule is Cc1ccc(C)c(CSc2nc(=O)n(CCCO)c3c2CCC3)c1. The van der Waals surface area contributed by atoms with E-state index in [-0.39, 0.29) is 12.3 Å². The molecule has 0 amide bonds. The fourth-order valence-corrected chi connectivity index (χ4v) is 4.41. The average Bonchev–Trinajstić information content (AvgIpc) is 3.04. The van der Waals surface area contributed by atoms with Crippen LogP contribution in [0.5, 0.6) is 0 Å². The van der Waals surface area contributed by atoms with Crippen molar-refractivity contribution in [2.45, 2.75) is 56.9 Å². The maximum Gasteiger partial charge on any atom is 0.348 e. The minimum absolute atomic E-state index is 0.102. The largest absolute Gasteiger partial charge is 0.396 e. The van der Waals surface area contributed by atoms with Crippen LogP contribution in [-0.2, 0) is 25.1 Å². The highest BCUT2D eigenvalue weighted by Crippen LogP contribution is 2.31. The first kappa shape index (κ1) is 17.2. The van der Waals surface area contributed by atoms with Crippen molar-refractivity contribution in [1.29, 1.82) is 0 Å². The lowest BCUT2D eigenvalue weighted by Gasteiger charge is -2.14. The molecule has 1 aliphatic carbocycles. The van der Waals surface area contributed by atoms with E-state index in [4.69, 9.17) is 5.11 Å². The standard InChI is InChI=1S/C19H24N2O2S/c1-13-7-8-14(2)15(11-13)12-24-18-16-5-3-6-17(16)21(9-4-10-22)19(23)20-18/h7-8,11,22H,3-6,9-10,12H2,1-2H3. The van der Waals surface area contributed by atoms with Gasteiger partial charge in [0.2, 0.25) is 0 Å². The van der Waals surface area contributed by atoms with Crippen molar-refractivity contribution in [2.75, 3.05) is 6.61 Å². The average molecular weight is 344 g/mol. The van der Waals surface area contributed by atoms with Gasteiger partial charge in [-0.2, -0.15) is 4.98 Å². The maximum absolute atomic E-state index is 12.4. The highest BCUT2D eigenvalue weighted by molar-refractivity contribution is 7.98. The summed E-state index contributed by atoms with van der Waals surface area (Å²) in [4.78, 5) is 16.7. The Morgan fingerprint density at radius 3 is 2.92 bits per heavy atom. The van der Waals surface area contributed by atoms with Crippen LogP contribution >= 0.6 is 11.8 Å². The number of hydrogen-bond acceptors (Lipinski definition) is 4. The second kappa shape index (κ2) is 7.53. The van der Waals surface area contributed by atoms with Gasteiger partial charge in [-0.3, -0.25) is 4.57 Å². The monoisotopic (exact) mass is 344 g/mol. The fourth-order valence-electron chi connectivity index (χ4n) is 3.27. The van der Waals surface area contributed by atoms with E-state index in [0.717, 1.165) is 35.7 Å². The number of nitrogens with zero attached hydrogens (tertiary/aromatic N) is 2. The molecule has 3 rings (SSSR count). The maximum atomic E-state index is 12.4. The van der Waals surface area contributed by atoms with Crippen LogP contribution in [0.25, 0.3) is 0 Å². The highest BCUT2D eigenvalue weighted by Gasteiger charge is 2.21. The molecule has 1 heterocycles. The van der Waals surface area contributed by atoms with E-state index in [2.05, 4.69) is 37.0 Å². The molecule has 1 aliphatic rings. The van der Waals surface area contributed by atoms with Gasteiger partial charge in [0.1, 0.15) is 5.03 Å². The summed E-state index contributed by atoms with van der Waals surface area (Å²) in [5.41, 5.74) is 6.04. The zero-order valence-electron chi connectivity index (χ0n) is 14.3. The predicted octanol–water partition coefficient (Wildman–Crippen LogP) is 3.02. The molecule has 0 aliphatic heterocycles. The van der Waals surface area contributed by atoms with Gasteiger partial charge >= 0.3 is 5.69 Å². The quantitative estimate of drug-likeness (QED) is 0.646. The van der Waals surface area contributed by atoms with Gasteiger partial charge in [0, 0.05) is 30.2 Å². The van der Waals surface area contributed by atoms with E-state index in [9.17, 15) is 4.79 Å². The third kappa shape index (κ3) is 3.57. The van der Waals surface area contributed by atoms with E-state index in [1.807, 2.05) is 0 Å². The Morgan fingerprint density at radius 2 is 2.12 bits per heavy atom. The van der Waals surface area contributed by atoms with Crippen molar-refractivity contribution in [3.63, 3.8) is 0 Å². The molecule has 0 radical (unpaired) electrons. The van der Waals surface area contributed by atoms with E-state index in [0.29, 0.717) is 13.0 Å². The third-order valence-electron chi connectivity index (χ3n) is 4.61. The predicted molar refractivity (Wildman–Crippen MR) is 97.7 cm³/mol. The topological polar surface area (TPSA) is 55.1 Å². The zero-order chi connectivity index (χ0) is 17.1.